The van der Waals surface area contributed by atoms with E-state index in [1.807, 2.05) is 13.2 Å². The van der Waals surface area contributed by atoms with Crippen LogP contribution in [0.2, 0.25) is 0 Å². The lowest BCUT2D eigenvalue weighted by Crippen LogP contribution is -2.36. The van der Waals surface area contributed by atoms with Crippen LogP contribution in [-0.4, -0.2) is 26.5 Å². The van der Waals surface area contributed by atoms with Gasteiger partial charge in [0, 0.05) is 11.8 Å². The molecule has 1 rings (SSSR count). The Balaban J connectivity index is 2.95. The molecule has 0 saturated heterocycles. The highest BCUT2D eigenvalue weighted by Gasteiger charge is 2.19. The summed E-state index contributed by atoms with van der Waals surface area (Å²) in [6, 6.07) is 3.25. The fourth-order valence-electron chi connectivity index (χ4n) is 1.41. The van der Waals surface area contributed by atoms with E-state index in [4.69, 9.17) is 5.73 Å². The predicted octanol–water partition coefficient (Wildman–Crippen LogP) is 1.83. The third-order valence-corrected chi connectivity index (χ3v) is 4.71. The Labute approximate surface area is 111 Å². The summed E-state index contributed by atoms with van der Waals surface area (Å²) in [6.07, 6.45) is 2.60. The van der Waals surface area contributed by atoms with Gasteiger partial charge in [0.15, 0.2) is 0 Å². The van der Waals surface area contributed by atoms with Crippen LogP contribution in [0.5, 0.6) is 0 Å². The first kappa shape index (κ1) is 15.3. The van der Waals surface area contributed by atoms with Gasteiger partial charge in [0.25, 0.3) is 0 Å². The first-order chi connectivity index (χ1) is 8.40. The number of nitrogen functional groups attached to an aromatic ring is 1. The Kier molecular flexibility index (Phi) is 5.43. The molecule has 0 aliphatic heterocycles. The maximum absolute atomic E-state index is 13.0. The van der Waals surface area contributed by atoms with E-state index >= 15 is 0 Å². The Hall–Kier alpha value is -0.790. The standard InChI is InChI=1S/C11H17FN2O2S2/c1-3-8(7-17-2)14-18(15,16)9-4-5-10(12)11(13)6-9/h4-6,8,14H,3,7,13H2,1-2H3. The third kappa shape index (κ3) is 3.86. The van der Waals surface area contributed by atoms with E-state index in [9.17, 15) is 12.8 Å². The van der Waals surface area contributed by atoms with Gasteiger partial charge in [-0.1, -0.05) is 6.92 Å². The molecule has 0 amide bonds. The maximum Gasteiger partial charge on any atom is 0.240 e. The largest absolute Gasteiger partial charge is 0.396 e. The Morgan fingerprint density at radius 1 is 1.50 bits per heavy atom. The lowest BCUT2D eigenvalue weighted by Gasteiger charge is -2.16. The zero-order valence-electron chi connectivity index (χ0n) is 10.3. The van der Waals surface area contributed by atoms with Gasteiger partial charge in [0.05, 0.1) is 10.6 Å². The summed E-state index contributed by atoms with van der Waals surface area (Å²) in [5.74, 6) is 0.0666. The zero-order chi connectivity index (χ0) is 13.8. The third-order valence-electron chi connectivity index (χ3n) is 2.46. The van der Waals surface area contributed by atoms with E-state index in [0.717, 1.165) is 12.1 Å². The molecular weight excluding hydrogens is 275 g/mol. The molecular formula is C11H17FN2O2S2. The average molecular weight is 292 g/mol. The van der Waals surface area contributed by atoms with Crippen LogP contribution in [0.15, 0.2) is 23.1 Å². The van der Waals surface area contributed by atoms with Crippen molar-refractivity contribution in [3.05, 3.63) is 24.0 Å². The van der Waals surface area contributed by atoms with Crippen molar-refractivity contribution in [2.24, 2.45) is 0 Å². The second-order valence-corrected chi connectivity index (χ2v) is 6.49. The van der Waals surface area contributed by atoms with Crippen LogP contribution in [0.1, 0.15) is 13.3 Å². The summed E-state index contributed by atoms with van der Waals surface area (Å²) in [5.41, 5.74) is 5.20. The number of hydrogen-bond donors (Lipinski definition) is 2. The van der Waals surface area contributed by atoms with Gasteiger partial charge in [0.2, 0.25) is 10.0 Å². The van der Waals surface area contributed by atoms with Crippen molar-refractivity contribution in [1.82, 2.24) is 4.72 Å². The normalized spacial score (nSPS) is 13.5. The summed E-state index contributed by atoms with van der Waals surface area (Å²) in [7, 11) is -3.64. The van der Waals surface area contributed by atoms with Crippen LogP contribution >= 0.6 is 11.8 Å². The van der Waals surface area contributed by atoms with Gasteiger partial charge in [-0.05, 0) is 30.9 Å². The lowest BCUT2D eigenvalue weighted by molar-refractivity contribution is 0.558. The van der Waals surface area contributed by atoms with Crippen molar-refractivity contribution in [2.45, 2.75) is 24.3 Å². The molecule has 0 aliphatic rings. The summed E-state index contributed by atoms with van der Waals surface area (Å²) >= 11 is 1.56. The van der Waals surface area contributed by atoms with Crippen LogP contribution in [0.3, 0.4) is 0 Å². The molecule has 0 spiro atoms. The molecule has 102 valence electrons. The molecule has 1 aromatic rings. The molecule has 0 aliphatic carbocycles. The SMILES string of the molecule is CCC(CSC)NS(=O)(=O)c1ccc(F)c(N)c1. The van der Waals surface area contributed by atoms with Crippen LogP contribution in [0.4, 0.5) is 10.1 Å². The zero-order valence-corrected chi connectivity index (χ0v) is 11.9. The summed E-state index contributed by atoms with van der Waals surface area (Å²) in [4.78, 5) is -0.0130. The fourth-order valence-corrected chi connectivity index (χ4v) is 3.59. The summed E-state index contributed by atoms with van der Waals surface area (Å²) in [5, 5.41) is 0. The van der Waals surface area contributed by atoms with Gasteiger partial charge in [-0.2, -0.15) is 11.8 Å². The number of hydrogen-bond acceptors (Lipinski definition) is 4. The van der Waals surface area contributed by atoms with Gasteiger partial charge in [-0.25, -0.2) is 17.5 Å². The molecule has 0 saturated carbocycles. The number of nitrogens with two attached hydrogens (primary N) is 1. The molecule has 1 atom stereocenters. The monoisotopic (exact) mass is 292 g/mol. The number of thioether (sulfide) groups is 1. The van der Waals surface area contributed by atoms with Gasteiger partial charge >= 0.3 is 0 Å². The Morgan fingerprint density at radius 2 is 2.17 bits per heavy atom. The van der Waals surface area contributed by atoms with Crippen LogP contribution in [0.25, 0.3) is 0 Å². The summed E-state index contributed by atoms with van der Waals surface area (Å²) < 4.78 is 39.7. The molecule has 3 N–H and O–H groups in total. The number of halogens is 1. The van der Waals surface area contributed by atoms with E-state index in [1.165, 1.54) is 6.07 Å². The van der Waals surface area contributed by atoms with Crippen molar-refractivity contribution in [3.8, 4) is 0 Å². The van der Waals surface area contributed by atoms with Crippen LogP contribution in [0, 0.1) is 5.82 Å². The molecule has 0 heterocycles. The van der Waals surface area contributed by atoms with E-state index in [0.29, 0.717) is 12.2 Å². The van der Waals surface area contributed by atoms with E-state index in [-0.39, 0.29) is 16.6 Å². The second kappa shape index (κ2) is 6.40. The van der Waals surface area contributed by atoms with Crippen molar-refractivity contribution in [2.75, 3.05) is 17.7 Å². The highest BCUT2D eigenvalue weighted by molar-refractivity contribution is 7.98. The quantitative estimate of drug-likeness (QED) is 0.785. The number of nitrogens with one attached hydrogen (secondary N) is 1. The van der Waals surface area contributed by atoms with Crippen LogP contribution < -0.4 is 10.5 Å². The van der Waals surface area contributed by atoms with Crippen molar-refractivity contribution >= 4 is 27.5 Å². The molecule has 0 fully saturated rings. The molecule has 1 aromatic carbocycles. The average Bonchev–Trinajstić information content (AvgIpc) is 2.31. The topological polar surface area (TPSA) is 72.2 Å². The second-order valence-electron chi connectivity index (χ2n) is 3.87. The summed E-state index contributed by atoms with van der Waals surface area (Å²) in [6.45, 7) is 1.91. The maximum atomic E-state index is 13.0. The minimum atomic E-state index is -3.64. The van der Waals surface area contributed by atoms with Gasteiger partial charge in [-0.3, -0.25) is 0 Å². The van der Waals surface area contributed by atoms with Crippen molar-refractivity contribution in [1.29, 1.82) is 0 Å². The number of benzene rings is 1. The van der Waals surface area contributed by atoms with E-state index in [1.54, 1.807) is 11.8 Å². The van der Waals surface area contributed by atoms with E-state index in [2.05, 4.69) is 4.72 Å². The number of rotatable bonds is 6. The molecule has 0 radical (unpaired) electrons. The van der Waals surface area contributed by atoms with Crippen molar-refractivity contribution in [3.63, 3.8) is 0 Å². The smallest absolute Gasteiger partial charge is 0.240 e. The predicted molar refractivity (Wildman–Crippen MR) is 73.6 cm³/mol. The van der Waals surface area contributed by atoms with Gasteiger partial charge in [0.1, 0.15) is 5.82 Å². The molecule has 0 aromatic heterocycles. The number of sulfonamides is 1. The molecule has 0 bridgehead atoms. The molecule has 1 unspecified atom stereocenters. The first-order valence-electron chi connectivity index (χ1n) is 5.47. The highest BCUT2D eigenvalue weighted by atomic mass is 32.2. The molecule has 7 heteroatoms. The fraction of sp³-hybridized carbons (Fsp3) is 0.455. The minimum absolute atomic E-state index is 0.0130. The Morgan fingerprint density at radius 3 is 2.67 bits per heavy atom. The minimum Gasteiger partial charge on any atom is -0.396 e. The van der Waals surface area contributed by atoms with E-state index < -0.39 is 15.8 Å². The molecule has 4 nitrogen and oxygen atoms in total. The van der Waals surface area contributed by atoms with Crippen molar-refractivity contribution < 1.29 is 12.8 Å². The van der Waals surface area contributed by atoms with Gasteiger partial charge in [-0.15, -0.1) is 0 Å². The Bertz CT molecular complexity index is 506. The highest BCUT2D eigenvalue weighted by Crippen LogP contribution is 2.17. The lowest BCUT2D eigenvalue weighted by atomic mass is 10.3. The van der Waals surface area contributed by atoms with Crippen LogP contribution in [-0.2, 0) is 10.0 Å². The molecule has 18 heavy (non-hydrogen) atoms. The first-order valence-corrected chi connectivity index (χ1v) is 8.34. The number of anilines is 1. The van der Waals surface area contributed by atoms with Gasteiger partial charge < -0.3 is 5.73 Å².